The van der Waals surface area contributed by atoms with Gasteiger partial charge in [0.15, 0.2) is 0 Å². The van der Waals surface area contributed by atoms with Gasteiger partial charge in [-0.2, -0.15) is 0 Å². The lowest BCUT2D eigenvalue weighted by atomic mass is 9.61. The number of aliphatic hydroxyl groups is 2. The van der Waals surface area contributed by atoms with Crippen molar-refractivity contribution in [1.29, 1.82) is 0 Å². The normalized spacial score (nSPS) is 37.5. The zero-order valence-electron chi connectivity index (χ0n) is 20.6. The number of allylic oxidation sites excluding steroid dienone is 1. The summed E-state index contributed by atoms with van der Waals surface area (Å²) in [7, 11) is 0. The second-order valence-electron chi connectivity index (χ2n) is 11.2. The lowest BCUT2D eigenvalue weighted by molar-refractivity contribution is -0.0790. The monoisotopic (exact) mass is 600 g/mol. The van der Waals surface area contributed by atoms with E-state index >= 15 is 0 Å². The summed E-state index contributed by atoms with van der Waals surface area (Å²) in [6.07, 6.45) is 3.73. The molecule has 0 unspecified atom stereocenters. The number of fused-ring (bicyclic) bond motifs is 3. The maximum Gasteiger partial charge on any atom is 0.338 e. The van der Waals surface area contributed by atoms with Gasteiger partial charge in [0.25, 0.3) is 0 Å². The summed E-state index contributed by atoms with van der Waals surface area (Å²) in [6, 6.07) is 4.80. The number of alkyl halides is 2. The number of aromatic hydroxyl groups is 1. The number of cyclic esters (lactones) is 1. The summed E-state index contributed by atoms with van der Waals surface area (Å²) >= 11 is 7.66. The third-order valence-corrected chi connectivity index (χ3v) is 11.1. The van der Waals surface area contributed by atoms with Crippen molar-refractivity contribution in [1.82, 2.24) is 0 Å². The molecule has 0 amide bonds. The minimum absolute atomic E-state index is 0.0959. The van der Waals surface area contributed by atoms with E-state index in [4.69, 9.17) is 4.74 Å². The van der Waals surface area contributed by atoms with Gasteiger partial charge in [-0.05, 0) is 101 Å². The van der Waals surface area contributed by atoms with Crippen LogP contribution in [0.4, 0.5) is 0 Å². The van der Waals surface area contributed by atoms with E-state index in [1.54, 1.807) is 39.0 Å². The predicted octanol–water partition coefficient (Wildman–Crippen LogP) is 6.06. The van der Waals surface area contributed by atoms with E-state index in [1.807, 2.05) is 0 Å². The first-order valence-corrected chi connectivity index (χ1v) is 13.9. The Bertz CT molecular complexity index is 928. The van der Waals surface area contributed by atoms with Crippen LogP contribution in [0.2, 0.25) is 0 Å². The van der Waals surface area contributed by atoms with Crippen LogP contribution in [0.15, 0.2) is 30.4 Å². The quantitative estimate of drug-likeness (QED) is 0.191. The van der Waals surface area contributed by atoms with E-state index in [2.05, 4.69) is 45.4 Å². The van der Waals surface area contributed by atoms with Gasteiger partial charge in [-0.25, -0.2) is 4.79 Å². The maximum atomic E-state index is 13.0. The third kappa shape index (κ3) is 5.74. The van der Waals surface area contributed by atoms with Gasteiger partial charge in [-0.3, -0.25) is 0 Å². The van der Waals surface area contributed by atoms with Gasteiger partial charge in [-0.1, -0.05) is 50.9 Å². The number of carbonyl (C=O) groups excluding carboxylic acids is 1. The van der Waals surface area contributed by atoms with Crippen molar-refractivity contribution in [2.45, 2.75) is 99.6 Å². The van der Waals surface area contributed by atoms with Crippen molar-refractivity contribution in [3.8, 4) is 5.75 Å². The number of benzene rings is 1. The molecule has 3 N–H and O–H groups in total. The van der Waals surface area contributed by atoms with Crippen LogP contribution in [0.3, 0.4) is 0 Å². The summed E-state index contributed by atoms with van der Waals surface area (Å²) in [4.78, 5) is 13.1. The molecule has 7 heteroatoms. The standard InChI is InChI=1S/C27H38Br2O5/c1-16-6-9-21(28)26(4)12-10-22(29)27(5,33)13-11-23(31)25(2,3)34-24(32)17-7-8-20(30)18(14-17)15-19(16)26/h7-8,14,19,21-23,30-31,33H,1,6,9-13,15H2,2-5H3/t19-,21+,22-,23+,26+,27+/m1/s1. The Kier molecular flexibility index (Phi) is 8.33. The number of ether oxygens (including phenoxy) is 1. The van der Waals surface area contributed by atoms with E-state index < -0.39 is 23.3 Å². The lowest BCUT2D eigenvalue weighted by Crippen LogP contribution is -2.45. The fraction of sp³-hybridized carbons (Fsp3) is 0.667. The Morgan fingerprint density at radius 3 is 2.41 bits per heavy atom. The summed E-state index contributed by atoms with van der Waals surface area (Å²) in [6.45, 7) is 11.8. The highest BCUT2D eigenvalue weighted by molar-refractivity contribution is 9.09. The molecule has 1 saturated carbocycles. The van der Waals surface area contributed by atoms with Crippen LogP contribution in [0.25, 0.3) is 0 Å². The van der Waals surface area contributed by atoms with Gasteiger partial charge in [0.2, 0.25) is 0 Å². The maximum absolute atomic E-state index is 13.0. The second-order valence-corrected chi connectivity index (χ2v) is 13.4. The lowest BCUT2D eigenvalue weighted by Gasteiger charge is -2.48. The Hall–Kier alpha value is -0.890. The number of phenolic OH excluding ortho intramolecular Hbond substituents is 1. The Morgan fingerprint density at radius 1 is 1.06 bits per heavy atom. The Balaban J connectivity index is 2.05. The van der Waals surface area contributed by atoms with E-state index in [0.717, 1.165) is 31.3 Å². The number of esters is 1. The van der Waals surface area contributed by atoms with E-state index in [9.17, 15) is 20.1 Å². The van der Waals surface area contributed by atoms with Gasteiger partial charge in [0.05, 0.1) is 17.3 Å². The van der Waals surface area contributed by atoms with Crippen LogP contribution in [0.5, 0.6) is 5.75 Å². The number of halogens is 2. The van der Waals surface area contributed by atoms with Gasteiger partial charge in [0, 0.05) is 9.65 Å². The van der Waals surface area contributed by atoms with Crippen molar-refractivity contribution in [2.75, 3.05) is 0 Å². The minimum atomic E-state index is -1.14. The molecule has 1 aromatic carbocycles. The summed E-state index contributed by atoms with van der Waals surface area (Å²) < 4.78 is 5.70. The topological polar surface area (TPSA) is 87.0 Å². The highest BCUT2D eigenvalue weighted by atomic mass is 79.9. The molecule has 190 valence electrons. The average molecular weight is 602 g/mol. The van der Waals surface area contributed by atoms with Crippen LogP contribution in [0, 0.1) is 11.3 Å². The van der Waals surface area contributed by atoms with Crippen molar-refractivity contribution >= 4 is 37.8 Å². The molecule has 2 aliphatic rings. The molecule has 34 heavy (non-hydrogen) atoms. The van der Waals surface area contributed by atoms with E-state index in [-0.39, 0.29) is 33.2 Å². The fourth-order valence-corrected chi connectivity index (χ4v) is 6.59. The molecular formula is C27H38Br2O5. The van der Waals surface area contributed by atoms with Gasteiger partial charge < -0.3 is 20.1 Å². The van der Waals surface area contributed by atoms with Gasteiger partial charge >= 0.3 is 5.97 Å². The highest BCUT2D eigenvalue weighted by Crippen LogP contribution is 2.52. The van der Waals surface area contributed by atoms with Crippen LogP contribution >= 0.6 is 31.9 Å². The average Bonchev–Trinajstić information content (AvgIpc) is 2.76. The first-order valence-electron chi connectivity index (χ1n) is 12.1. The first kappa shape index (κ1) is 27.7. The van der Waals surface area contributed by atoms with E-state index in [1.165, 1.54) is 0 Å². The molecule has 1 aliphatic heterocycles. The number of phenols is 1. The van der Waals surface area contributed by atoms with Gasteiger partial charge in [-0.15, -0.1) is 0 Å². The van der Waals surface area contributed by atoms with Crippen LogP contribution in [0.1, 0.15) is 82.1 Å². The minimum Gasteiger partial charge on any atom is -0.508 e. The Labute approximate surface area is 220 Å². The predicted molar refractivity (Wildman–Crippen MR) is 142 cm³/mol. The second kappa shape index (κ2) is 10.2. The van der Waals surface area contributed by atoms with Gasteiger partial charge in [0.1, 0.15) is 11.4 Å². The third-order valence-electron chi connectivity index (χ3n) is 8.16. The molecule has 2 bridgehead atoms. The number of hydrogen-bond donors (Lipinski definition) is 3. The molecule has 1 aliphatic carbocycles. The smallest absolute Gasteiger partial charge is 0.338 e. The van der Waals surface area contributed by atoms with Crippen molar-refractivity contribution in [3.63, 3.8) is 0 Å². The number of rotatable bonds is 0. The number of hydrogen-bond acceptors (Lipinski definition) is 5. The zero-order chi connectivity index (χ0) is 25.5. The SMILES string of the molecule is C=C1CC[C@H](Br)[C@@]2(C)CC[C@@H](Br)[C@@](C)(O)CC[C@H](O)C(C)(C)OC(=O)c3ccc(O)c(c3)C[C@H]12. The molecular weight excluding hydrogens is 564 g/mol. The van der Waals surface area contributed by atoms with E-state index in [0.29, 0.717) is 24.0 Å². The Morgan fingerprint density at radius 2 is 1.74 bits per heavy atom. The molecule has 1 heterocycles. The summed E-state index contributed by atoms with van der Waals surface area (Å²) in [5.41, 5.74) is -0.163. The van der Waals surface area contributed by atoms with Crippen LogP contribution in [-0.2, 0) is 11.2 Å². The van der Waals surface area contributed by atoms with Crippen molar-refractivity contribution in [3.05, 3.63) is 41.5 Å². The molecule has 6 atom stereocenters. The molecule has 1 fully saturated rings. The van der Waals surface area contributed by atoms with Crippen LogP contribution < -0.4 is 0 Å². The molecule has 0 aromatic heterocycles. The number of carbonyl (C=O) groups is 1. The largest absolute Gasteiger partial charge is 0.508 e. The fourth-order valence-electron chi connectivity index (χ4n) is 5.35. The summed E-state index contributed by atoms with van der Waals surface area (Å²) in [5, 5.41) is 32.7. The molecule has 0 saturated heterocycles. The molecule has 0 radical (unpaired) electrons. The first-order chi connectivity index (χ1) is 15.7. The zero-order valence-corrected chi connectivity index (χ0v) is 23.8. The molecule has 3 rings (SSSR count). The molecule has 1 aromatic rings. The van der Waals surface area contributed by atoms with Crippen LogP contribution in [-0.4, -0.2) is 48.2 Å². The number of aliphatic hydroxyl groups excluding tert-OH is 1. The highest BCUT2D eigenvalue weighted by Gasteiger charge is 2.46. The molecule has 0 spiro atoms. The van der Waals surface area contributed by atoms with Crippen molar-refractivity contribution < 1.29 is 24.9 Å². The summed E-state index contributed by atoms with van der Waals surface area (Å²) in [5.74, 6) is -0.310. The van der Waals surface area contributed by atoms with Crippen molar-refractivity contribution in [2.24, 2.45) is 11.3 Å². The molecule has 5 nitrogen and oxygen atoms in total.